The molecular weight excluding hydrogens is 424 g/mol. The lowest BCUT2D eigenvalue weighted by atomic mass is 9.97. The van der Waals surface area contributed by atoms with E-state index in [0.29, 0.717) is 11.7 Å². The zero-order valence-corrected chi connectivity index (χ0v) is 20.2. The number of carbonyl (C=O) groups excluding carboxylic acids is 1. The van der Waals surface area contributed by atoms with Crippen LogP contribution < -0.4 is 10.6 Å². The molecule has 0 spiro atoms. The molecule has 1 fully saturated rings. The van der Waals surface area contributed by atoms with E-state index >= 15 is 0 Å². The normalized spacial score (nSPS) is 14.2. The smallest absolute Gasteiger partial charge is 0.246 e. The topological polar surface area (TPSA) is 80.0 Å². The highest BCUT2D eigenvalue weighted by Crippen LogP contribution is 2.18. The minimum atomic E-state index is 0. The van der Waals surface area contributed by atoms with E-state index in [2.05, 4.69) is 52.0 Å². The number of benzene rings is 1. The van der Waals surface area contributed by atoms with Gasteiger partial charge in [0.05, 0.1) is 6.54 Å². The minimum absolute atomic E-state index is 0. The van der Waals surface area contributed by atoms with Crippen LogP contribution in [0.2, 0.25) is 0 Å². The molecule has 1 aromatic heterocycles. The number of hydrogen-bond acceptors (Lipinski definition) is 5. The van der Waals surface area contributed by atoms with Crippen molar-refractivity contribution in [2.75, 3.05) is 13.1 Å². The third-order valence-electron chi connectivity index (χ3n) is 6.12. The summed E-state index contributed by atoms with van der Waals surface area (Å²) in [4.78, 5) is 16.7. The fourth-order valence-corrected chi connectivity index (χ4v) is 4.12. The molecule has 1 aliphatic heterocycles. The summed E-state index contributed by atoms with van der Waals surface area (Å²) in [5, 5.41) is 10.3. The van der Waals surface area contributed by atoms with E-state index in [1.54, 1.807) is 0 Å². The van der Waals surface area contributed by atoms with Crippen molar-refractivity contribution in [2.24, 2.45) is 5.92 Å². The molecule has 1 saturated heterocycles. The maximum Gasteiger partial charge on any atom is 0.246 e. The second-order valence-electron chi connectivity index (χ2n) is 8.68. The molecule has 1 amide bonds. The predicted molar refractivity (Wildman–Crippen MR) is 131 cm³/mol. The van der Waals surface area contributed by atoms with Crippen molar-refractivity contribution in [3.63, 3.8) is 0 Å². The molecule has 32 heavy (non-hydrogen) atoms. The first kappa shape index (κ1) is 26.3. The van der Waals surface area contributed by atoms with Crippen LogP contribution in [0.25, 0.3) is 11.4 Å². The molecule has 178 valence electrons. The van der Waals surface area contributed by atoms with E-state index in [1.165, 1.54) is 56.9 Å². The lowest BCUT2D eigenvalue weighted by Crippen LogP contribution is -2.37. The zero-order chi connectivity index (χ0) is 21.7. The monoisotopic (exact) mass is 462 g/mol. The van der Waals surface area contributed by atoms with E-state index in [1.807, 2.05) is 0 Å². The summed E-state index contributed by atoms with van der Waals surface area (Å²) in [6.07, 6.45) is 13.6. The van der Waals surface area contributed by atoms with Gasteiger partial charge in [-0.05, 0) is 44.3 Å². The Morgan fingerprint density at radius 1 is 1.03 bits per heavy atom. The molecule has 0 saturated carbocycles. The van der Waals surface area contributed by atoms with E-state index in [-0.39, 0.29) is 30.8 Å². The van der Waals surface area contributed by atoms with Gasteiger partial charge in [-0.15, -0.1) is 12.4 Å². The van der Waals surface area contributed by atoms with Gasteiger partial charge in [0.15, 0.2) is 0 Å². The SMILES string of the molecule is CCCCCCCCCCc1ccc(-c2noc(CNC(=O)C3CCNCC3)n2)cc1.Cl. The van der Waals surface area contributed by atoms with Gasteiger partial charge in [-0.3, -0.25) is 4.79 Å². The number of aromatic nitrogens is 2. The summed E-state index contributed by atoms with van der Waals surface area (Å²) >= 11 is 0. The van der Waals surface area contributed by atoms with Crippen LogP contribution >= 0.6 is 12.4 Å². The Bertz CT molecular complexity index is 773. The lowest BCUT2D eigenvalue weighted by Gasteiger charge is -2.21. The first-order valence-corrected chi connectivity index (χ1v) is 12.2. The van der Waals surface area contributed by atoms with E-state index < -0.39 is 0 Å². The highest BCUT2D eigenvalue weighted by molar-refractivity contribution is 5.85. The number of hydrogen-bond donors (Lipinski definition) is 2. The van der Waals surface area contributed by atoms with Gasteiger partial charge in [0.1, 0.15) is 0 Å². The lowest BCUT2D eigenvalue weighted by molar-refractivity contribution is -0.126. The Hall–Kier alpha value is -1.92. The molecule has 1 aromatic carbocycles. The van der Waals surface area contributed by atoms with Gasteiger partial charge < -0.3 is 15.2 Å². The van der Waals surface area contributed by atoms with E-state index in [9.17, 15) is 4.79 Å². The summed E-state index contributed by atoms with van der Waals surface area (Å²) in [6, 6.07) is 8.43. The molecule has 7 heteroatoms. The van der Waals surface area contributed by atoms with Gasteiger partial charge in [-0.1, -0.05) is 81.3 Å². The Morgan fingerprint density at radius 3 is 2.38 bits per heavy atom. The van der Waals surface area contributed by atoms with Crippen LogP contribution in [0.4, 0.5) is 0 Å². The molecule has 2 aromatic rings. The largest absolute Gasteiger partial charge is 0.347 e. The first-order chi connectivity index (χ1) is 15.3. The van der Waals surface area contributed by atoms with Crippen molar-refractivity contribution in [3.05, 3.63) is 35.7 Å². The highest BCUT2D eigenvalue weighted by atomic mass is 35.5. The standard InChI is InChI=1S/C25H38N4O2.ClH/c1-2-3-4-5-6-7-8-9-10-20-11-13-21(14-12-20)24-28-23(31-29-24)19-27-25(30)22-15-17-26-18-16-22;/h11-14,22,26H,2-10,15-19H2,1H3,(H,27,30);1H. The summed E-state index contributed by atoms with van der Waals surface area (Å²) < 4.78 is 5.33. The van der Waals surface area contributed by atoms with Crippen LogP contribution in [0.5, 0.6) is 0 Å². The summed E-state index contributed by atoms with van der Waals surface area (Å²) in [7, 11) is 0. The van der Waals surface area contributed by atoms with Crippen LogP contribution in [0.15, 0.2) is 28.8 Å². The fraction of sp³-hybridized carbons (Fsp3) is 0.640. The van der Waals surface area contributed by atoms with Crippen molar-refractivity contribution in [1.29, 1.82) is 0 Å². The quantitative estimate of drug-likeness (QED) is 0.386. The predicted octanol–water partition coefficient (Wildman–Crippen LogP) is 5.46. The summed E-state index contributed by atoms with van der Waals surface area (Å²) in [5.74, 6) is 1.17. The Labute approximate surface area is 198 Å². The molecule has 6 nitrogen and oxygen atoms in total. The van der Waals surface area contributed by atoms with Crippen LogP contribution in [0.1, 0.15) is 82.6 Å². The third-order valence-corrected chi connectivity index (χ3v) is 6.12. The van der Waals surface area contributed by atoms with Gasteiger partial charge in [0.25, 0.3) is 0 Å². The Balaban J connectivity index is 0.00000363. The number of amides is 1. The van der Waals surface area contributed by atoms with Crippen molar-refractivity contribution >= 4 is 18.3 Å². The van der Waals surface area contributed by atoms with Crippen LogP contribution in [0.3, 0.4) is 0 Å². The summed E-state index contributed by atoms with van der Waals surface area (Å²) in [6.45, 7) is 4.35. The Kier molecular flexibility index (Phi) is 12.4. The number of nitrogens with one attached hydrogen (secondary N) is 2. The highest BCUT2D eigenvalue weighted by Gasteiger charge is 2.21. The van der Waals surface area contributed by atoms with Gasteiger partial charge in [0.2, 0.25) is 17.6 Å². The molecule has 2 N–H and O–H groups in total. The number of halogens is 1. The van der Waals surface area contributed by atoms with Crippen molar-refractivity contribution in [2.45, 2.75) is 84.1 Å². The van der Waals surface area contributed by atoms with E-state index in [0.717, 1.165) is 37.9 Å². The number of nitrogens with zero attached hydrogens (tertiary/aromatic N) is 2. The van der Waals surface area contributed by atoms with Gasteiger partial charge >= 0.3 is 0 Å². The minimum Gasteiger partial charge on any atom is -0.347 e. The molecule has 1 aliphatic rings. The molecular formula is C25H39ClN4O2. The van der Waals surface area contributed by atoms with Crippen LogP contribution in [0, 0.1) is 5.92 Å². The van der Waals surface area contributed by atoms with Crippen molar-refractivity contribution in [1.82, 2.24) is 20.8 Å². The fourth-order valence-electron chi connectivity index (χ4n) is 4.12. The average Bonchev–Trinajstić information content (AvgIpc) is 3.29. The maximum atomic E-state index is 12.2. The van der Waals surface area contributed by atoms with E-state index in [4.69, 9.17) is 4.52 Å². The molecule has 0 radical (unpaired) electrons. The number of aryl methyl sites for hydroxylation is 1. The number of unbranched alkanes of at least 4 members (excludes halogenated alkanes) is 7. The average molecular weight is 463 g/mol. The molecule has 3 rings (SSSR count). The van der Waals surface area contributed by atoms with Crippen molar-refractivity contribution in [3.8, 4) is 11.4 Å². The second kappa shape index (κ2) is 15.0. The molecule has 0 atom stereocenters. The first-order valence-electron chi connectivity index (χ1n) is 12.2. The maximum absolute atomic E-state index is 12.2. The molecule has 0 unspecified atom stereocenters. The van der Waals surface area contributed by atoms with Crippen molar-refractivity contribution < 1.29 is 9.32 Å². The number of rotatable bonds is 13. The second-order valence-corrected chi connectivity index (χ2v) is 8.68. The van der Waals surface area contributed by atoms with Crippen LogP contribution in [-0.4, -0.2) is 29.1 Å². The Morgan fingerprint density at radius 2 is 1.69 bits per heavy atom. The van der Waals surface area contributed by atoms with Gasteiger partial charge in [-0.25, -0.2) is 0 Å². The number of piperidine rings is 1. The zero-order valence-electron chi connectivity index (χ0n) is 19.4. The number of carbonyl (C=O) groups is 1. The summed E-state index contributed by atoms with van der Waals surface area (Å²) in [5.41, 5.74) is 2.30. The van der Waals surface area contributed by atoms with Gasteiger partial charge in [0, 0.05) is 11.5 Å². The third kappa shape index (κ3) is 8.91. The molecule has 2 heterocycles. The van der Waals surface area contributed by atoms with Gasteiger partial charge in [-0.2, -0.15) is 4.98 Å². The molecule has 0 aliphatic carbocycles. The van der Waals surface area contributed by atoms with Crippen LogP contribution in [-0.2, 0) is 17.8 Å². The molecule has 0 bridgehead atoms.